The van der Waals surface area contributed by atoms with Crippen molar-refractivity contribution in [1.82, 2.24) is 20.5 Å². The molecule has 0 spiro atoms. The van der Waals surface area contributed by atoms with Crippen LogP contribution in [0.3, 0.4) is 0 Å². The van der Waals surface area contributed by atoms with Crippen molar-refractivity contribution in [1.29, 1.82) is 0 Å². The molecular formula is C19H20N4O2S. The van der Waals surface area contributed by atoms with Crippen LogP contribution in [0.1, 0.15) is 5.82 Å². The molecule has 7 heteroatoms. The Hall–Kier alpha value is -2.80. The summed E-state index contributed by atoms with van der Waals surface area (Å²) in [5.74, 6) is 2.58. The van der Waals surface area contributed by atoms with Crippen molar-refractivity contribution < 1.29 is 9.53 Å². The summed E-state index contributed by atoms with van der Waals surface area (Å²) in [6.07, 6.45) is 0.602. The number of hydrogen-bond acceptors (Lipinski definition) is 5. The van der Waals surface area contributed by atoms with Gasteiger partial charge < -0.3 is 10.1 Å². The largest absolute Gasteiger partial charge is 0.497 e. The maximum absolute atomic E-state index is 11.9. The number of hydrogen-bond donors (Lipinski definition) is 2. The number of aromatic nitrogens is 3. The van der Waals surface area contributed by atoms with Gasteiger partial charge in [0.2, 0.25) is 5.91 Å². The third-order valence-electron chi connectivity index (χ3n) is 3.68. The van der Waals surface area contributed by atoms with Gasteiger partial charge in [-0.25, -0.2) is 4.98 Å². The molecule has 0 aliphatic heterocycles. The van der Waals surface area contributed by atoms with Gasteiger partial charge in [-0.3, -0.25) is 9.89 Å². The van der Waals surface area contributed by atoms with E-state index in [0.717, 1.165) is 22.0 Å². The monoisotopic (exact) mass is 368 g/mol. The lowest BCUT2D eigenvalue weighted by Crippen LogP contribution is -2.27. The fourth-order valence-electron chi connectivity index (χ4n) is 2.31. The second kappa shape index (κ2) is 9.05. The second-order valence-electron chi connectivity index (χ2n) is 5.54. The fourth-order valence-corrected chi connectivity index (χ4v) is 3.06. The molecule has 0 unspecified atom stereocenters. The van der Waals surface area contributed by atoms with Crippen LogP contribution in [0.5, 0.6) is 5.75 Å². The summed E-state index contributed by atoms with van der Waals surface area (Å²) in [7, 11) is 1.63. The van der Waals surface area contributed by atoms with Crippen LogP contribution in [0.4, 0.5) is 0 Å². The molecule has 1 amide bonds. The average molecular weight is 368 g/mol. The molecule has 2 aromatic carbocycles. The Morgan fingerprint density at radius 1 is 1.15 bits per heavy atom. The van der Waals surface area contributed by atoms with Gasteiger partial charge in [-0.05, 0) is 36.4 Å². The molecule has 0 bridgehead atoms. The van der Waals surface area contributed by atoms with E-state index in [-0.39, 0.29) is 5.91 Å². The van der Waals surface area contributed by atoms with Crippen LogP contribution in [-0.2, 0) is 11.2 Å². The number of nitrogens with zero attached hydrogens (tertiary/aromatic N) is 2. The normalized spacial score (nSPS) is 10.5. The van der Waals surface area contributed by atoms with Gasteiger partial charge in [-0.1, -0.05) is 18.2 Å². The Morgan fingerprint density at radius 2 is 1.92 bits per heavy atom. The molecule has 0 aliphatic rings. The number of amides is 1. The molecule has 3 rings (SSSR count). The van der Waals surface area contributed by atoms with E-state index in [1.807, 2.05) is 54.6 Å². The Morgan fingerprint density at radius 3 is 2.65 bits per heavy atom. The number of ether oxygens (including phenoxy) is 1. The van der Waals surface area contributed by atoms with Crippen LogP contribution in [0, 0.1) is 0 Å². The lowest BCUT2D eigenvalue weighted by Gasteiger charge is -2.04. The highest BCUT2D eigenvalue weighted by Gasteiger charge is 2.07. The zero-order chi connectivity index (χ0) is 18.2. The van der Waals surface area contributed by atoms with Crippen LogP contribution in [0.25, 0.3) is 11.4 Å². The van der Waals surface area contributed by atoms with Gasteiger partial charge in [0, 0.05) is 23.4 Å². The van der Waals surface area contributed by atoms with E-state index in [2.05, 4.69) is 20.5 Å². The minimum absolute atomic E-state index is 0.00810. The van der Waals surface area contributed by atoms with E-state index in [1.54, 1.807) is 7.11 Å². The molecule has 0 saturated carbocycles. The molecule has 0 fully saturated rings. The van der Waals surface area contributed by atoms with Crippen molar-refractivity contribution >= 4 is 17.7 Å². The van der Waals surface area contributed by atoms with E-state index in [0.29, 0.717) is 24.5 Å². The van der Waals surface area contributed by atoms with Crippen LogP contribution < -0.4 is 10.1 Å². The van der Waals surface area contributed by atoms with E-state index in [1.165, 1.54) is 11.8 Å². The molecule has 3 aromatic rings. The first-order chi connectivity index (χ1) is 12.7. The maximum atomic E-state index is 11.9. The SMILES string of the molecule is COc1ccc(-c2n[nH]c(CCNC(=O)CSc3ccccc3)n2)cc1. The summed E-state index contributed by atoms with van der Waals surface area (Å²) in [4.78, 5) is 17.5. The number of H-pyrrole nitrogens is 1. The summed E-state index contributed by atoms with van der Waals surface area (Å²) < 4.78 is 5.14. The smallest absolute Gasteiger partial charge is 0.230 e. The number of methoxy groups -OCH3 is 1. The number of aromatic amines is 1. The highest BCUT2D eigenvalue weighted by molar-refractivity contribution is 8.00. The first kappa shape index (κ1) is 18.0. The molecule has 1 heterocycles. The summed E-state index contributed by atoms with van der Waals surface area (Å²) in [5.41, 5.74) is 0.914. The van der Waals surface area contributed by atoms with Crippen molar-refractivity contribution in [3.05, 3.63) is 60.4 Å². The Kier molecular flexibility index (Phi) is 6.27. The molecule has 0 aliphatic carbocycles. The topological polar surface area (TPSA) is 79.9 Å². The van der Waals surface area contributed by atoms with E-state index < -0.39 is 0 Å². The molecule has 2 N–H and O–H groups in total. The Bertz CT molecular complexity index is 834. The van der Waals surface area contributed by atoms with Gasteiger partial charge in [-0.15, -0.1) is 11.8 Å². The Balaban J connectivity index is 1.43. The van der Waals surface area contributed by atoms with Gasteiger partial charge in [0.25, 0.3) is 0 Å². The molecule has 134 valence electrons. The van der Waals surface area contributed by atoms with Gasteiger partial charge >= 0.3 is 0 Å². The summed E-state index contributed by atoms with van der Waals surface area (Å²) in [6, 6.07) is 17.4. The zero-order valence-corrected chi connectivity index (χ0v) is 15.3. The first-order valence-electron chi connectivity index (χ1n) is 8.25. The molecule has 0 saturated heterocycles. The molecule has 0 radical (unpaired) electrons. The predicted octanol–water partition coefficient (Wildman–Crippen LogP) is 2.93. The van der Waals surface area contributed by atoms with Crippen molar-refractivity contribution in [2.24, 2.45) is 0 Å². The van der Waals surface area contributed by atoms with Crippen LogP contribution in [0.15, 0.2) is 59.5 Å². The van der Waals surface area contributed by atoms with E-state index in [9.17, 15) is 4.79 Å². The van der Waals surface area contributed by atoms with Gasteiger partial charge in [0.1, 0.15) is 11.6 Å². The van der Waals surface area contributed by atoms with E-state index >= 15 is 0 Å². The molecular weight excluding hydrogens is 348 g/mol. The van der Waals surface area contributed by atoms with Crippen LogP contribution in [0.2, 0.25) is 0 Å². The highest BCUT2D eigenvalue weighted by atomic mass is 32.2. The van der Waals surface area contributed by atoms with E-state index in [4.69, 9.17) is 4.74 Å². The molecule has 1 aromatic heterocycles. The van der Waals surface area contributed by atoms with Crippen molar-refractivity contribution in [3.8, 4) is 17.1 Å². The highest BCUT2D eigenvalue weighted by Crippen LogP contribution is 2.19. The van der Waals surface area contributed by atoms with Crippen molar-refractivity contribution in [2.75, 3.05) is 19.4 Å². The number of rotatable bonds is 8. The van der Waals surface area contributed by atoms with Crippen molar-refractivity contribution in [3.63, 3.8) is 0 Å². The molecule has 0 atom stereocenters. The van der Waals surface area contributed by atoms with Crippen molar-refractivity contribution in [2.45, 2.75) is 11.3 Å². The maximum Gasteiger partial charge on any atom is 0.230 e. The lowest BCUT2D eigenvalue weighted by molar-refractivity contribution is -0.118. The summed E-state index contributed by atoms with van der Waals surface area (Å²) in [6.45, 7) is 0.519. The van der Waals surface area contributed by atoms with Gasteiger partial charge in [-0.2, -0.15) is 5.10 Å². The average Bonchev–Trinajstić information content (AvgIpc) is 3.16. The third-order valence-corrected chi connectivity index (χ3v) is 4.69. The van der Waals surface area contributed by atoms with Crippen LogP contribution >= 0.6 is 11.8 Å². The number of nitrogens with one attached hydrogen (secondary N) is 2. The van der Waals surface area contributed by atoms with Gasteiger partial charge in [0.15, 0.2) is 5.82 Å². The summed E-state index contributed by atoms with van der Waals surface area (Å²) >= 11 is 1.52. The fraction of sp³-hybridized carbons (Fsp3) is 0.211. The molecule has 26 heavy (non-hydrogen) atoms. The van der Waals surface area contributed by atoms with Crippen LogP contribution in [-0.4, -0.2) is 40.5 Å². The zero-order valence-electron chi connectivity index (χ0n) is 14.4. The number of carbonyl (C=O) groups excluding carboxylic acids is 1. The Labute approximate surface area is 156 Å². The minimum Gasteiger partial charge on any atom is -0.497 e. The molecule has 6 nitrogen and oxygen atoms in total. The third kappa shape index (κ3) is 5.10. The first-order valence-corrected chi connectivity index (χ1v) is 9.23. The second-order valence-corrected chi connectivity index (χ2v) is 6.58. The predicted molar refractivity (Wildman–Crippen MR) is 102 cm³/mol. The van der Waals surface area contributed by atoms with Gasteiger partial charge in [0.05, 0.1) is 12.9 Å². The standard InChI is InChI=1S/C19H20N4O2S/c1-25-15-9-7-14(8-10-15)19-21-17(22-23-19)11-12-20-18(24)13-26-16-5-3-2-4-6-16/h2-10H,11-13H2,1H3,(H,20,24)(H,21,22,23). The lowest BCUT2D eigenvalue weighted by atomic mass is 10.2. The number of carbonyl (C=O) groups is 1. The summed E-state index contributed by atoms with van der Waals surface area (Å²) in [5, 5.41) is 10.0. The number of thioether (sulfide) groups is 1. The quantitative estimate of drug-likeness (QED) is 0.598. The minimum atomic E-state index is 0.00810. The number of benzene rings is 2.